The summed E-state index contributed by atoms with van der Waals surface area (Å²) in [6.07, 6.45) is 1.80. The Labute approximate surface area is 125 Å². The molecule has 0 fully saturated rings. The lowest BCUT2D eigenvalue weighted by Crippen LogP contribution is -2.28. The zero-order chi connectivity index (χ0) is 14.9. The monoisotopic (exact) mass is 337 g/mol. The number of aromatic nitrogens is 4. The lowest BCUT2D eigenvalue weighted by molar-refractivity contribution is 0.0985. The molecule has 6 nitrogen and oxygen atoms in total. The molecule has 2 rings (SSSR count). The van der Waals surface area contributed by atoms with E-state index in [1.54, 1.807) is 24.0 Å². The maximum absolute atomic E-state index is 12.4. The van der Waals surface area contributed by atoms with Crippen LogP contribution in [-0.2, 0) is 0 Å². The van der Waals surface area contributed by atoms with Gasteiger partial charge in [-0.2, -0.15) is 10.2 Å². The SMILES string of the molecule is Cc1ccc(N(C)C(=O)c2nn(C(C)C)cc2Br)nn1. The van der Waals surface area contributed by atoms with E-state index in [1.165, 1.54) is 4.90 Å². The summed E-state index contributed by atoms with van der Waals surface area (Å²) in [5.74, 6) is 0.265. The molecule has 0 aliphatic carbocycles. The summed E-state index contributed by atoms with van der Waals surface area (Å²) < 4.78 is 2.41. The molecule has 20 heavy (non-hydrogen) atoms. The minimum Gasteiger partial charge on any atom is -0.293 e. The molecule has 0 saturated carbocycles. The fourth-order valence-corrected chi connectivity index (χ4v) is 2.07. The number of aryl methyl sites for hydroxylation is 1. The van der Waals surface area contributed by atoms with Crippen LogP contribution in [0.2, 0.25) is 0 Å². The fraction of sp³-hybridized carbons (Fsp3) is 0.385. The number of hydrogen-bond donors (Lipinski definition) is 0. The van der Waals surface area contributed by atoms with Crippen LogP contribution in [0.5, 0.6) is 0 Å². The number of anilines is 1. The van der Waals surface area contributed by atoms with Gasteiger partial charge in [0.05, 0.1) is 10.2 Å². The van der Waals surface area contributed by atoms with Gasteiger partial charge in [-0.25, -0.2) is 0 Å². The number of carbonyl (C=O) groups excluding carboxylic acids is 1. The minimum atomic E-state index is -0.227. The Hall–Kier alpha value is -1.76. The number of hydrogen-bond acceptors (Lipinski definition) is 4. The molecular weight excluding hydrogens is 322 g/mol. The fourth-order valence-electron chi connectivity index (χ4n) is 1.61. The van der Waals surface area contributed by atoms with Gasteiger partial charge in [0, 0.05) is 19.3 Å². The largest absolute Gasteiger partial charge is 0.293 e. The molecule has 2 heterocycles. The molecular formula is C13H16BrN5O. The summed E-state index contributed by atoms with van der Waals surface area (Å²) in [5.41, 5.74) is 1.17. The van der Waals surface area contributed by atoms with Crippen LogP contribution in [0, 0.1) is 6.92 Å². The Morgan fingerprint density at radius 1 is 1.35 bits per heavy atom. The molecule has 0 saturated heterocycles. The Kier molecular flexibility index (Phi) is 4.17. The third-order valence-corrected chi connectivity index (χ3v) is 3.43. The normalized spacial score (nSPS) is 10.9. The molecule has 106 valence electrons. The first-order chi connectivity index (χ1) is 9.40. The van der Waals surface area contributed by atoms with Crippen molar-refractivity contribution in [2.45, 2.75) is 26.8 Å². The lowest BCUT2D eigenvalue weighted by atomic mass is 10.3. The Morgan fingerprint density at radius 2 is 2.05 bits per heavy atom. The smallest absolute Gasteiger partial charge is 0.280 e. The zero-order valence-electron chi connectivity index (χ0n) is 11.8. The molecule has 0 bridgehead atoms. The van der Waals surface area contributed by atoms with Gasteiger partial charge < -0.3 is 0 Å². The maximum Gasteiger partial charge on any atom is 0.280 e. The predicted octanol–water partition coefficient (Wildman–Crippen LogP) is 2.60. The molecule has 0 aliphatic heterocycles. The van der Waals surface area contributed by atoms with Crippen molar-refractivity contribution in [1.82, 2.24) is 20.0 Å². The second kappa shape index (κ2) is 5.70. The van der Waals surface area contributed by atoms with Gasteiger partial charge in [-0.1, -0.05) is 0 Å². The summed E-state index contributed by atoms with van der Waals surface area (Å²) in [5, 5.41) is 12.3. The molecule has 0 unspecified atom stereocenters. The highest BCUT2D eigenvalue weighted by Crippen LogP contribution is 2.20. The second-order valence-electron chi connectivity index (χ2n) is 4.80. The van der Waals surface area contributed by atoms with Crippen molar-refractivity contribution in [2.75, 3.05) is 11.9 Å². The topological polar surface area (TPSA) is 63.9 Å². The van der Waals surface area contributed by atoms with Gasteiger partial charge >= 0.3 is 0 Å². The quantitative estimate of drug-likeness (QED) is 0.863. The standard InChI is InChI=1S/C13H16BrN5O/c1-8(2)19-7-10(14)12(17-19)13(20)18(4)11-6-5-9(3)15-16-11/h5-8H,1-4H3. The van der Waals surface area contributed by atoms with E-state index in [-0.39, 0.29) is 11.9 Å². The van der Waals surface area contributed by atoms with Crippen molar-refractivity contribution in [3.8, 4) is 0 Å². The molecule has 0 N–H and O–H groups in total. The molecule has 0 atom stereocenters. The van der Waals surface area contributed by atoms with Crippen molar-refractivity contribution in [2.24, 2.45) is 0 Å². The van der Waals surface area contributed by atoms with Crippen LogP contribution >= 0.6 is 15.9 Å². The lowest BCUT2D eigenvalue weighted by Gasteiger charge is -2.14. The van der Waals surface area contributed by atoms with E-state index < -0.39 is 0 Å². The first-order valence-corrected chi connectivity index (χ1v) is 7.02. The average molecular weight is 338 g/mol. The first kappa shape index (κ1) is 14.6. The van der Waals surface area contributed by atoms with E-state index in [9.17, 15) is 4.79 Å². The Bertz CT molecular complexity index is 620. The third-order valence-electron chi connectivity index (χ3n) is 2.85. The predicted molar refractivity (Wildman–Crippen MR) is 79.8 cm³/mol. The Morgan fingerprint density at radius 3 is 2.55 bits per heavy atom. The number of halogens is 1. The number of rotatable bonds is 3. The molecule has 0 aromatic carbocycles. The zero-order valence-corrected chi connectivity index (χ0v) is 13.4. The van der Waals surface area contributed by atoms with Crippen molar-refractivity contribution in [1.29, 1.82) is 0 Å². The Balaban J connectivity index is 2.28. The summed E-state index contributed by atoms with van der Waals surface area (Å²) in [6, 6.07) is 3.76. The van der Waals surface area contributed by atoms with Gasteiger partial charge in [0.1, 0.15) is 0 Å². The molecule has 2 aromatic rings. The van der Waals surface area contributed by atoms with Gasteiger partial charge in [-0.3, -0.25) is 14.4 Å². The number of carbonyl (C=O) groups is 1. The molecule has 1 amide bonds. The van der Waals surface area contributed by atoms with E-state index in [2.05, 4.69) is 31.2 Å². The van der Waals surface area contributed by atoms with E-state index in [1.807, 2.05) is 26.8 Å². The second-order valence-corrected chi connectivity index (χ2v) is 5.65. The van der Waals surface area contributed by atoms with E-state index in [0.29, 0.717) is 16.0 Å². The summed E-state index contributed by atoms with van der Waals surface area (Å²) in [4.78, 5) is 13.9. The molecule has 7 heteroatoms. The van der Waals surface area contributed by atoms with Crippen LogP contribution in [0.25, 0.3) is 0 Å². The highest BCUT2D eigenvalue weighted by atomic mass is 79.9. The molecule has 0 spiro atoms. The van der Waals surface area contributed by atoms with Crippen molar-refractivity contribution in [3.63, 3.8) is 0 Å². The van der Waals surface area contributed by atoms with Crippen LogP contribution in [0.3, 0.4) is 0 Å². The highest BCUT2D eigenvalue weighted by molar-refractivity contribution is 9.10. The van der Waals surface area contributed by atoms with Gasteiger partial charge in [0.15, 0.2) is 11.5 Å². The highest BCUT2D eigenvalue weighted by Gasteiger charge is 2.21. The van der Waals surface area contributed by atoms with Gasteiger partial charge in [0.25, 0.3) is 5.91 Å². The minimum absolute atomic E-state index is 0.192. The van der Waals surface area contributed by atoms with Crippen LogP contribution in [0.15, 0.2) is 22.8 Å². The number of nitrogens with zero attached hydrogens (tertiary/aromatic N) is 5. The van der Waals surface area contributed by atoms with Crippen molar-refractivity contribution >= 4 is 27.7 Å². The maximum atomic E-state index is 12.4. The van der Waals surface area contributed by atoms with Crippen LogP contribution < -0.4 is 4.90 Å². The van der Waals surface area contributed by atoms with Gasteiger partial charge in [0.2, 0.25) is 0 Å². The summed E-state index contributed by atoms with van der Waals surface area (Å²) in [6.45, 7) is 5.85. The van der Waals surface area contributed by atoms with Crippen LogP contribution in [-0.4, -0.2) is 32.9 Å². The van der Waals surface area contributed by atoms with Gasteiger partial charge in [-0.15, -0.1) is 5.10 Å². The molecule has 2 aromatic heterocycles. The van der Waals surface area contributed by atoms with E-state index in [0.717, 1.165) is 5.69 Å². The van der Waals surface area contributed by atoms with Crippen molar-refractivity contribution < 1.29 is 4.79 Å². The average Bonchev–Trinajstić information content (AvgIpc) is 2.80. The molecule has 0 radical (unpaired) electrons. The summed E-state index contributed by atoms with van der Waals surface area (Å²) >= 11 is 3.37. The van der Waals surface area contributed by atoms with Gasteiger partial charge in [-0.05, 0) is 48.8 Å². The number of amides is 1. The van der Waals surface area contributed by atoms with Crippen LogP contribution in [0.1, 0.15) is 36.1 Å². The third kappa shape index (κ3) is 2.87. The molecule has 0 aliphatic rings. The van der Waals surface area contributed by atoms with E-state index in [4.69, 9.17) is 0 Å². The summed E-state index contributed by atoms with van der Waals surface area (Å²) in [7, 11) is 1.66. The van der Waals surface area contributed by atoms with Crippen molar-refractivity contribution in [3.05, 3.63) is 34.2 Å². The van der Waals surface area contributed by atoms with E-state index >= 15 is 0 Å². The van der Waals surface area contributed by atoms with Crippen LogP contribution in [0.4, 0.5) is 5.82 Å². The first-order valence-electron chi connectivity index (χ1n) is 6.23.